The summed E-state index contributed by atoms with van der Waals surface area (Å²) in [5.74, 6) is 0. The molecule has 4 rings (SSSR count). The van der Waals surface area contributed by atoms with Crippen LogP contribution in [0.5, 0.6) is 0 Å². The number of hydrogen-bond donors (Lipinski definition) is 1. The molecule has 1 fully saturated rings. The van der Waals surface area contributed by atoms with Crippen molar-refractivity contribution < 1.29 is 0 Å². The van der Waals surface area contributed by atoms with Gasteiger partial charge in [-0.1, -0.05) is 30.3 Å². The maximum absolute atomic E-state index is 4.49. The molecule has 0 radical (unpaired) electrons. The van der Waals surface area contributed by atoms with Crippen molar-refractivity contribution in [1.82, 2.24) is 24.7 Å². The van der Waals surface area contributed by atoms with E-state index < -0.39 is 0 Å². The van der Waals surface area contributed by atoms with E-state index >= 15 is 0 Å². The van der Waals surface area contributed by atoms with Crippen molar-refractivity contribution in [2.24, 2.45) is 0 Å². The van der Waals surface area contributed by atoms with E-state index in [0.717, 1.165) is 55.1 Å². The van der Waals surface area contributed by atoms with Gasteiger partial charge in [0.05, 0.1) is 11.4 Å². The van der Waals surface area contributed by atoms with Crippen molar-refractivity contribution >= 4 is 11.3 Å². The summed E-state index contributed by atoms with van der Waals surface area (Å²) < 4.78 is 1.76. The van der Waals surface area contributed by atoms with Crippen LogP contribution in [0.1, 0.15) is 29.7 Å². The molecule has 0 unspecified atom stereocenters. The lowest BCUT2D eigenvalue weighted by Gasteiger charge is -2.33. The summed E-state index contributed by atoms with van der Waals surface area (Å²) in [6.45, 7) is 7.39. The van der Waals surface area contributed by atoms with Gasteiger partial charge in [-0.05, 0) is 37.8 Å². The lowest BCUT2D eigenvalue weighted by molar-refractivity contribution is 0.211. The van der Waals surface area contributed by atoms with E-state index in [1.165, 1.54) is 5.56 Å². The SMILES string of the molecule is Cc1nn2cnnc2c(NC2CCN(Cc3ccccc3)CC2)c1C. The first-order chi connectivity index (χ1) is 12.2. The Morgan fingerprint density at radius 1 is 1.12 bits per heavy atom. The number of anilines is 1. The van der Waals surface area contributed by atoms with Crippen molar-refractivity contribution in [2.45, 2.75) is 39.3 Å². The molecule has 1 aromatic carbocycles. The number of rotatable bonds is 4. The number of aromatic nitrogens is 4. The van der Waals surface area contributed by atoms with Crippen molar-refractivity contribution in [3.05, 3.63) is 53.5 Å². The second-order valence-electron chi connectivity index (χ2n) is 6.86. The molecule has 0 atom stereocenters. The predicted molar refractivity (Wildman–Crippen MR) is 98.6 cm³/mol. The van der Waals surface area contributed by atoms with Gasteiger partial charge in [-0.25, -0.2) is 0 Å². The van der Waals surface area contributed by atoms with Crippen LogP contribution in [0.2, 0.25) is 0 Å². The molecule has 0 spiro atoms. The number of piperidine rings is 1. The molecule has 0 aliphatic carbocycles. The van der Waals surface area contributed by atoms with Gasteiger partial charge >= 0.3 is 0 Å². The molecule has 1 N–H and O–H groups in total. The monoisotopic (exact) mass is 336 g/mol. The zero-order valence-corrected chi connectivity index (χ0v) is 14.8. The first kappa shape index (κ1) is 16.0. The van der Waals surface area contributed by atoms with Crippen LogP contribution in [0.25, 0.3) is 5.65 Å². The van der Waals surface area contributed by atoms with Gasteiger partial charge in [0.2, 0.25) is 5.65 Å². The molecule has 130 valence electrons. The average Bonchev–Trinajstić information content (AvgIpc) is 3.09. The Morgan fingerprint density at radius 2 is 1.88 bits per heavy atom. The molecular weight excluding hydrogens is 312 g/mol. The van der Waals surface area contributed by atoms with E-state index in [-0.39, 0.29) is 0 Å². The van der Waals surface area contributed by atoms with Crippen LogP contribution in [-0.2, 0) is 6.54 Å². The van der Waals surface area contributed by atoms with Crippen molar-refractivity contribution in [2.75, 3.05) is 18.4 Å². The van der Waals surface area contributed by atoms with Gasteiger partial charge in [-0.2, -0.15) is 9.61 Å². The third kappa shape index (κ3) is 3.35. The van der Waals surface area contributed by atoms with Crippen LogP contribution in [0.15, 0.2) is 36.7 Å². The molecule has 2 aromatic heterocycles. The summed E-state index contributed by atoms with van der Waals surface area (Å²) in [6.07, 6.45) is 3.93. The Bertz CT molecular complexity index is 849. The van der Waals surface area contributed by atoms with Crippen molar-refractivity contribution in [3.63, 3.8) is 0 Å². The number of likely N-dealkylation sites (tertiary alicyclic amines) is 1. The fourth-order valence-corrected chi connectivity index (χ4v) is 3.51. The van der Waals surface area contributed by atoms with Crippen molar-refractivity contribution in [3.8, 4) is 0 Å². The third-order valence-electron chi connectivity index (χ3n) is 5.11. The Labute approximate surface area is 147 Å². The summed E-state index contributed by atoms with van der Waals surface area (Å²) in [5, 5.41) is 16.4. The minimum Gasteiger partial charge on any atom is -0.379 e. The first-order valence-electron chi connectivity index (χ1n) is 8.91. The molecule has 0 bridgehead atoms. The molecule has 25 heavy (non-hydrogen) atoms. The molecule has 3 heterocycles. The van der Waals surface area contributed by atoms with E-state index in [1.54, 1.807) is 10.8 Å². The average molecular weight is 336 g/mol. The third-order valence-corrected chi connectivity index (χ3v) is 5.11. The number of nitrogens with zero attached hydrogens (tertiary/aromatic N) is 5. The molecule has 0 amide bonds. The van der Waals surface area contributed by atoms with Gasteiger partial charge in [0.1, 0.15) is 6.33 Å². The van der Waals surface area contributed by atoms with Gasteiger partial charge in [0.25, 0.3) is 0 Å². The smallest absolute Gasteiger partial charge is 0.200 e. The summed E-state index contributed by atoms with van der Waals surface area (Å²) in [5.41, 5.74) is 5.45. The highest BCUT2D eigenvalue weighted by Gasteiger charge is 2.21. The number of nitrogens with one attached hydrogen (secondary N) is 1. The molecule has 1 aliphatic heterocycles. The highest BCUT2D eigenvalue weighted by Crippen LogP contribution is 2.25. The maximum atomic E-state index is 4.49. The molecule has 6 nitrogen and oxygen atoms in total. The maximum Gasteiger partial charge on any atom is 0.200 e. The molecule has 1 aliphatic rings. The van der Waals surface area contributed by atoms with Crippen LogP contribution >= 0.6 is 0 Å². The second kappa shape index (κ2) is 6.80. The van der Waals surface area contributed by atoms with Gasteiger partial charge in [-0.3, -0.25) is 4.90 Å². The van der Waals surface area contributed by atoms with Crippen LogP contribution in [-0.4, -0.2) is 43.8 Å². The molecule has 3 aromatic rings. The van der Waals surface area contributed by atoms with Gasteiger partial charge in [0.15, 0.2) is 0 Å². The minimum atomic E-state index is 0.466. The number of fused-ring (bicyclic) bond motifs is 1. The summed E-state index contributed by atoms with van der Waals surface area (Å²) in [6, 6.07) is 11.2. The van der Waals surface area contributed by atoms with Crippen LogP contribution in [0.3, 0.4) is 0 Å². The lowest BCUT2D eigenvalue weighted by Crippen LogP contribution is -2.38. The minimum absolute atomic E-state index is 0.466. The molecule has 0 saturated carbocycles. The summed E-state index contributed by atoms with van der Waals surface area (Å²) >= 11 is 0. The quantitative estimate of drug-likeness (QED) is 0.794. The molecule has 6 heteroatoms. The van der Waals surface area contributed by atoms with Gasteiger partial charge < -0.3 is 5.32 Å². The Morgan fingerprint density at radius 3 is 2.64 bits per heavy atom. The fourth-order valence-electron chi connectivity index (χ4n) is 3.51. The summed E-state index contributed by atoms with van der Waals surface area (Å²) in [4.78, 5) is 2.53. The van der Waals surface area contributed by atoms with E-state index in [2.05, 4.69) is 62.8 Å². The van der Waals surface area contributed by atoms with Crippen LogP contribution in [0, 0.1) is 13.8 Å². The highest BCUT2D eigenvalue weighted by atomic mass is 15.3. The summed E-state index contributed by atoms with van der Waals surface area (Å²) in [7, 11) is 0. The fraction of sp³-hybridized carbons (Fsp3) is 0.421. The Balaban J connectivity index is 1.42. The van der Waals surface area contributed by atoms with Gasteiger partial charge in [-0.15, -0.1) is 10.2 Å². The van der Waals surface area contributed by atoms with E-state index in [0.29, 0.717) is 6.04 Å². The molecule has 1 saturated heterocycles. The number of hydrogen-bond acceptors (Lipinski definition) is 5. The normalized spacial score (nSPS) is 16.4. The van der Waals surface area contributed by atoms with E-state index in [4.69, 9.17) is 0 Å². The molecular formula is C19H24N6. The van der Waals surface area contributed by atoms with Crippen LogP contribution < -0.4 is 5.32 Å². The highest BCUT2D eigenvalue weighted by molar-refractivity contribution is 5.71. The lowest BCUT2D eigenvalue weighted by atomic mass is 10.0. The second-order valence-corrected chi connectivity index (χ2v) is 6.86. The topological polar surface area (TPSA) is 58.4 Å². The van der Waals surface area contributed by atoms with E-state index in [1.807, 2.05) is 6.92 Å². The Kier molecular flexibility index (Phi) is 4.36. The zero-order chi connectivity index (χ0) is 17.2. The number of aryl methyl sites for hydroxylation is 1. The van der Waals surface area contributed by atoms with Gasteiger partial charge in [0, 0.05) is 25.7 Å². The zero-order valence-electron chi connectivity index (χ0n) is 14.8. The van der Waals surface area contributed by atoms with Crippen LogP contribution in [0.4, 0.5) is 5.69 Å². The Hall–Kier alpha value is -2.47. The largest absolute Gasteiger partial charge is 0.379 e. The van der Waals surface area contributed by atoms with Crippen molar-refractivity contribution in [1.29, 1.82) is 0 Å². The van der Waals surface area contributed by atoms with E-state index in [9.17, 15) is 0 Å². The standard InChI is InChI=1S/C19H24N6/c1-14-15(2)23-25-13-20-22-19(25)18(14)21-17-8-10-24(11-9-17)12-16-6-4-3-5-7-16/h3-7,13,17,21H,8-12H2,1-2H3. The first-order valence-corrected chi connectivity index (χ1v) is 8.91. The predicted octanol–water partition coefficient (Wildman–Crippen LogP) is 2.82. The number of benzene rings is 1.